The van der Waals surface area contributed by atoms with Gasteiger partial charge in [0.1, 0.15) is 0 Å². The van der Waals surface area contributed by atoms with Crippen LogP contribution in [0.3, 0.4) is 0 Å². The Labute approximate surface area is 141 Å². The van der Waals surface area contributed by atoms with Crippen LogP contribution in [-0.2, 0) is 10.4 Å². The molecule has 0 aliphatic carbocycles. The Bertz CT molecular complexity index is 710. The molecule has 0 saturated heterocycles. The van der Waals surface area contributed by atoms with E-state index in [1.807, 2.05) is 48.5 Å². The lowest BCUT2D eigenvalue weighted by atomic mass is 10.2. The van der Waals surface area contributed by atoms with Crippen molar-refractivity contribution in [2.24, 2.45) is 0 Å². The molecule has 2 aromatic rings. The van der Waals surface area contributed by atoms with Crippen LogP contribution >= 0.6 is 0 Å². The first-order valence-corrected chi connectivity index (χ1v) is 8.44. The molecular weight excluding hydrogens is 332 g/mol. The molecule has 24 heavy (non-hydrogen) atoms. The highest BCUT2D eigenvalue weighted by atomic mass is 32.3. The van der Waals surface area contributed by atoms with E-state index in [-0.39, 0.29) is 0 Å². The third-order valence-electron chi connectivity index (χ3n) is 2.85. The Kier molecular flexibility index (Phi) is 7.31. The fraction of sp³-hybridized carbons (Fsp3) is 0.200. The van der Waals surface area contributed by atoms with Crippen LogP contribution in [0.25, 0.3) is 0 Å². The summed E-state index contributed by atoms with van der Waals surface area (Å²) in [6, 6.07) is 15.8. The molecule has 0 fully saturated rings. The monoisotopic (exact) mass is 354 g/mol. The highest BCUT2D eigenvalue weighted by Crippen LogP contribution is 2.13. The highest BCUT2D eigenvalue weighted by molar-refractivity contribution is 7.79. The van der Waals surface area contributed by atoms with Gasteiger partial charge in [-0.1, -0.05) is 0 Å². The minimum absolute atomic E-state index is 0.307. The quantitative estimate of drug-likeness (QED) is 0.353. The first-order chi connectivity index (χ1) is 11.1. The molecule has 0 aliphatic rings. The summed E-state index contributed by atoms with van der Waals surface area (Å²) in [5.41, 5.74) is 15.0. The highest BCUT2D eigenvalue weighted by Gasteiger charge is 2.01. The van der Waals surface area contributed by atoms with Gasteiger partial charge in [0.05, 0.1) is 0 Å². The van der Waals surface area contributed by atoms with E-state index >= 15 is 0 Å². The third kappa shape index (κ3) is 9.51. The second-order valence-corrected chi connectivity index (χ2v) is 6.01. The average Bonchev–Trinajstić information content (AvgIpc) is 2.47. The van der Waals surface area contributed by atoms with Crippen LogP contribution < -0.4 is 22.1 Å². The van der Waals surface area contributed by atoms with Gasteiger partial charge in [0.15, 0.2) is 0 Å². The Morgan fingerprint density at radius 2 is 1.29 bits per heavy atom. The average molecular weight is 354 g/mol. The fourth-order valence-electron chi connectivity index (χ4n) is 1.79. The van der Waals surface area contributed by atoms with E-state index in [4.69, 9.17) is 29.0 Å². The van der Waals surface area contributed by atoms with Crippen molar-refractivity contribution in [3.63, 3.8) is 0 Å². The van der Waals surface area contributed by atoms with Crippen molar-refractivity contribution >= 4 is 33.1 Å². The summed E-state index contributed by atoms with van der Waals surface area (Å²) in [7, 11) is -4.67. The molecule has 1 unspecified atom stereocenters. The molecule has 1 atom stereocenters. The van der Waals surface area contributed by atoms with Crippen molar-refractivity contribution < 1.29 is 17.5 Å². The van der Waals surface area contributed by atoms with Gasteiger partial charge in [0, 0.05) is 35.3 Å². The standard InChI is InChI=1S/C15H20N4.H2O4S/c1-11(19-15-8-4-13(17)5-9-15)10-18-14-6-2-12(16)3-7-14;1-5(2,3)4/h2-9,11,18-19H,10,16-17H2,1H3;(H2,1,2,3,4). The second kappa shape index (κ2) is 8.96. The maximum atomic E-state index is 8.74. The molecule has 0 bridgehead atoms. The summed E-state index contributed by atoms with van der Waals surface area (Å²) in [5, 5.41) is 6.77. The summed E-state index contributed by atoms with van der Waals surface area (Å²) in [5.74, 6) is 0. The number of nitrogen functional groups attached to an aromatic ring is 2. The second-order valence-electron chi connectivity index (χ2n) is 5.12. The summed E-state index contributed by atoms with van der Waals surface area (Å²) < 4.78 is 31.6. The van der Waals surface area contributed by atoms with E-state index in [0.717, 1.165) is 29.3 Å². The lowest BCUT2D eigenvalue weighted by molar-refractivity contribution is 0.381. The van der Waals surface area contributed by atoms with Crippen molar-refractivity contribution in [2.75, 3.05) is 28.6 Å². The van der Waals surface area contributed by atoms with Crippen LogP contribution in [0.15, 0.2) is 48.5 Å². The molecule has 132 valence electrons. The van der Waals surface area contributed by atoms with Gasteiger partial charge in [-0.15, -0.1) is 0 Å². The van der Waals surface area contributed by atoms with E-state index < -0.39 is 10.4 Å². The minimum Gasteiger partial charge on any atom is -0.399 e. The predicted molar refractivity (Wildman–Crippen MR) is 97.5 cm³/mol. The molecule has 0 heterocycles. The lowest BCUT2D eigenvalue weighted by Gasteiger charge is -2.17. The zero-order valence-electron chi connectivity index (χ0n) is 13.2. The molecule has 0 radical (unpaired) electrons. The van der Waals surface area contributed by atoms with Gasteiger partial charge in [-0.25, -0.2) is 0 Å². The first kappa shape index (κ1) is 19.6. The van der Waals surface area contributed by atoms with E-state index in [2.05, 4.69) is 17.6 Å². The SMILES string of the molecule is CC(CNc1ccc(N)cc1)Nc1ccc(N)cc1.O=S(=O)(O)O. The van der Waals surface area contributed by atoms with Crippen molar-refractivity contribution in [3.05, 3.63) is 48.5 Å². The van der Waals surface area contributed by atoms with Gasteiger partial charge in [0.2, 0.25) is 0 Å². The molecule has 8 nitrogen and oxygen atoms in total. The van der Waals surface area contributed by atoms with Crippen LogP contribution in [0, 0.1) is 0 Å². The number of benzene rings is 2. The van der Waals surface area contributed by atoms with Crippen molar-refractivity contribution in [1.82, 2.24) is 0 Å². The number of anilines is 4. The summed E-state index contributed by atoms with van der Waals surface area (Å²) in [6.07, 6.45) is 0. The lowest BCUT2D eigenvalue weighted by Crippen LogP contribution is -2.24. The molecule has 8 N–H and O–H groups in total. The van der Waals surface area contributed by atoms with E-state index in [9.17, 15) is 0 Å². The van der Waals surface area contributed by atoms with Gasteiger partial charge in [-0.2, -0.15) is 8.42 Å². The summed E-state index contributed by atoms with van der Waals surface area (Å²) >= 11 is 0. The van der Waals surface area contributed by atoms with Crippen molar-refractivity contribution in [2.45, 2.75) is 13.0 Å². The summed E-state index contributed by atoms with van der Waals surface area (Å²) in [6.45, 7) is 2.95. The maximum Gasteiger partial charge on any atom is 0.394 e. The number of rotatable bonds is 5. The van der Waals surface area contributed by atoms with Crippen LogP contribution in [-0.4, -0.2) is 30.1 Å². The zero-order chi connectivity index (χ0) is 18.2. The van der Waals surface area contributed by atoms with E-state index in [1.54, 1.807) is 0 Å². The van der Waals surface area contributed by atoms with Crippen molar-refractivity contribution in [1.29, 1.82) is 0 Å². The minimum atomic E-state index is -4.67. The molecule has 2 aromatic carbocycles. The van der Waals surface area contributed by atoms with E-state index in [1.165, 1.54) is 0 Å². The van der Waals surface area contributed by atoms with Crippen LogP contribution in [0.5, 0.6) is 0 Å². The number of nitrogens with two attached hydrogens (primary N) is 2. The smallest absolute Gasteiger partial charge is 0.394 e. The molecule has 0 saturated carbocycles. The van der Waals surface area contributed by atoms with Gasteiger partial charge in [0.25, 0.3) is 0 Å². The van der Waals surface area contributed by atoms with E-state index in [0.29, 0.717) is 6.04 Å². The topological polar surface area (TPSA) is 151 Å². The molecule has 9 heteroatoms. The van der Waals surface area contributed by atoms with Gasteiger partial charge in [-0.05, 0) is 55.5 Å². The molecule has 0 amide bonds. The van der Waals surface area contributed by atoms with Crippen LogP contribution in [0.1, 0.15) is 6.92 Å². The number of hydrogen-bond acceptors (Lipinski definition) is 6. The van der Waals surface area contributed by atoms with Crippen LogP contribution in [0.2, 0.25) is 0 Å². The summed E-state index contributed by atoms with van der Waals surface area (Å²) in [4.78, 5) is 0. The van der Waals surface area contributed by atoms with Gasteiger partial charge < -0.3 is 22.1 Å². The first-order valence-electron chi connectivity index (χ1n) is 7.05. The Morgan fingerprint density at radius 1 is 0.917 bits per heavy atom. The zero-order valence-corrected chi connectivity index (χ0v) is 14.0. The molecular formula is C15H22N4O4S. The predicted octanol–water partition coefficient (Wildman–Crippen LogP) is 2.11. The molecule has 0 aromatic heterocycles. The van der Waals surface area contributed by atoms with Crippen LogP contribution in [0.4, 0.5) is 22.7 Å². The van der Waals surface area contributed by atoms with Gasteiger partial charge in [-0.3, -0.25) is 9.11 Å². The van der Waals surface area contributed by atoms with Crippen molar-refractivity contribution in [3.8, 4) is 0 Å². The third-order valence-corrected chi connectivity index (χ3v) is 2.85. The molecule has 0 spiro atoms. The maximum absolute atomic E-state index is 8.74. The largest absolute Gasteiger partial charge is 0.399 e. The Morgan fingerprint density at radius 3 is 1.71 bits per heavy atom. The fourth-order valence-corrected chi connectivity index (χ4v) is 1.79. The molecule has 0 aliphatic heterocycles. The Hall–Kier alpha value is -2.49. The molecule has 2 rings (SSSR count). The Balaban J connectivity index is 0.000000505. The van der Waals surface area contributed by atoms with Gasteiger partial charge >= 0.3 is 10.4 Å². The number of nitrogens with one attached hydrogen (secondary N) is 2. The number of hydrogen-bond donors (Lipinski definition) is 6. The normalized spacial score (nSPS) is 11.8.